The summed E-state index contributed by atoms with van der Waals surface area (Å²) in [6.45, 7) is 2.78. The Morgan fingerprint density at radius 1 is 1.15 bits per heavy atom. The van der Waals surface area contributed by atoms with Crippen molar-refractivity contribution in [2.24, 2.45) is 0 Å². The van der Waals surface area contributed by atoms with Crippen LogP contribution in [0.25, 0.3) is 0 Å². The summed E-state index contributed by atoms with van der Waals surface area (Å²) in [4.78, 5) is 4.32. The molecule has 3 rings (SSSR count). The predicted octanol–water partition coefficient (Wildman–Crippen LogP) is 2.76. The van der Waals surface area contributed by atoms with Crippen LogP contribution in [0.4, 0.5) is 0 Å². The average molecular weight is 270 g/mol. The number of nitrogens with one attached hydrogen (secondary N) is 1. The Bertz CT molecular complexity index is 566. The van der Waals surface area contributed by atoms with Gasteiger partial charge in [0.2, 0.25) is 0 Å². The quantitative estimate of drug-likeness (QED) is 0.931. The maximum absolute atomic E-state index is 6.05. The smallest absolute Gasteiger partial charge is 0.135 e. The van der Waals surface area contributed by atoms with Gasteiger partial charge in [-0.3, -0.25) is 10.3 Å². The van der Waals surface area contributed by atoms with Crippen LogP contribution in [0.15, 0.2) is 42.6 Å². The third-order valence-electron chi connectivity index (χ3n) is 3.51. The van der Waals surface area contributed by atoms with Crippen LogP contribution in [-0.4, -0.2) is 18.6 Å². The van der Waals surface area contributed by atoms with Crippen LogP contribution in [0.3, 0.4) is 0 Å². The summed E-state index contributed by atoms with van der Waals surface area (Å²) in [5, 5.41) is 3.38. The maximum atomic E-state index is 6.05. The van der Waals surface area contributed by atoms with E-state index >= 15 is 0 Å². The number of benzene rings is 1. The predicted molar refractivity (Wildman–Crippen MR) is 76.5 cm³/mol. The highest BCUT2D eigenvalue weighted by molar-refractivity contribution is 5.29. The summed E-state index contributed by atoms with van der Waals surface area (Å²) in [6.07, 6.45) is 1.86. The highest BCUT2D eigenvalue weighted by atomic mass is 16.5. The monoisotopic (exact) mass is 270 g/mol. The lowest BCUT2D eigenvalue weighted by Crippen LogP contribution is -2.13. The van der Waals surface area contributed by atoms with Crippen molar-refractivity contribution in [2.75, 3.05) is 13.7 Å². The molecule has 1 aliphatic heterocycles. The first kappa shape index (κ1) is 13.1. The number of methoxy groups -OCH3 is 1. The van der Waals surface area contributed by atoms with Crippen molar-refractivity contribution in [3.63, 3.8) is 0 Å². The van der Waals surface area contributed by atoms with Crippen LogP contribution < -0.4 is 10.1 Å². The van der Waals surface area contributed by atoms with Gasteiger partial charge in [0.05, 0.1) is 13.2 Å². The number of rotatable bonds is 3. The molecule has 0 aliphatic carbocycles. The highest BCUT2D eigenvalue weighted by Crippen LogP contribution is 2.30. The molecule has 2 heterocycles. The molecule has 4 heteroatoms. The fourth-order valence-electron chi connectivity index (χ4n) is 2.32. The maximum Gasteiger partial charge on any atom is 0.135 e. The number of nitrogens with zero attached hydrogens (tertiary/aromatic N) is 1. The van der Waals surface area contributed by atoms with Crippen LogP contribution in [0.5, 0.6) is 5.75 Å². The zero-order chi connectivity index (χ0) is 13.9. The van der Waals surface area contributed by atoms with E-state index in [0.717, 1.165) is 29.1 Å². The molecule has 0 unspecified atom stereocenters. The summed E-state index contributed by atoms with van der Waals surface area (Å²) in [6, 6.07) is 12.0. The zero-order valence-corrected chi connectivity index (χ0v) is 11.7. The first-order valence-electron chi connectivity index (χ1n) is 6.71. The third-order valence-corrected chi connectivity index (χ3v) is 3.51. The van der Waals surface area contributed by atoms with Gasteiger partial charge in [-0.25, -0.2) is 0 Å². The highest BCUT2D eigenvalue weighted by Gasteiger charge is 2.27. The van der Waals surface area contributed by atoms with Crippen molar-refractivity contribution < 1.29 is 9.47 Å². The lowest BCUT2D eigenvalue weighted by molar-refractivity contribution is 0.0403. The van der Waals surface area contributed by atoms with Gasteiger partial charge in [-0.15, -0.1) is 0 Å². The SMILES string of the molecule is COc1ccc([C@H]2NC[C@H](c3ccc(C)nc3)O2)cc1. The number of aromatic nitrogens is 1. The summed E-state index contributed by atoms with van der Waals surface area (Å²) in [5.41, 5.74) is 3.24. The van der Waals surface area contributed by atoms with Gasteiger partial charge in [0.25, 0.3) is 0 Å². The van der Waals surface area contributed by atoms with E-state index in [0.29, 0.717) is 0 Å². The molecule has 1 saturated heterocycles. The molecule has 104 valence electrons. The second kappa shape index (κ2) is 5.61. The molecule has 0 amide bonds. The van der Waals surface area contributed by atoms with Gasteiger partial charge in [-0.1, -0.05) is 18.2 Å². The zero-order valence-electron chi connectivity index (χ0n) is 11.7. The van der Waals surface area contributed by atoms with Crippen LogP contribution in [-0.2, 0) is 4.74 Å². The molecule has 0 radical (unpaired) electrons. The summed E-state index contributed by atoms with van der Waals surface area (Å²) >= 11 is 0. The normalized spacial score (nSPS) is 21.9. The minimum atomic E-state index is -0.0767. The number of hydrogen-bond acceptors (Lipinski definition) is 4. The lowest BCUT2D eigenvalue weighted by atomic mass is 10.1. The van der Waals surface area contributed by atoms with E-state index in [2.05, 4.69) is 16.4 Å². The van der Waals surface area contributed by atoms with Crippen LogP contribution in [0.2, 0.25) is 0 Å². The van der Waals surface area contributed by atoms with Gasteiger partial charge in [0.1, 0.15) is 12.0 Å². The topological polar surface area (TPSA) is 43.4 Å². The van der Waals surface area contributed by atoms with E-state index in [1.54, 1.807) is 7.11 Å². The van der Waals surface area contributed by atoms with Gasteiger partial charge in [0, 0.05) is 24.0 Å². The van der Waals surface area contributed by atoms with E-state index in [1.165, 1.54) is 0 Å². The fraction of sp³-hybridized carbons (Fsp3) is 0.312. The minimum Gasteiger partial charge on any atom is -0.497 e. The van der Waals surface area contributed by atoms with Crippen molar-refractivity contribution in [1.82, 2.24) is 10.3 Å². The molecular weight excluding hydrogens is 252 g/mol. The summed E-state index contributed by atoms with van der Waals surface area (Å²) in [5.74, 6) is 0.853. The summed E-state index contributed by atoms with van der Waals surface area (Å²) in [7, 11) is 1.67. The van der Waals surface area contributed by atoms with E-state index in [-0.39, 0.29) is 12.3 Å². The number of pyridine rings is 1. The first-order valence-corrected chi connectivity index (χ1v) is 6.71. The van der Waals surface area contributed by atoms with Crippen molar-refractivity contribution >= 4 is 0 Å². The molecule has 0 saturated carbocycles. The Morgan fingerprint density at radius 3 is 2.55 bits per heavy atom. The van der Waals surface area contributed by atoms with E-state index in [4.69, 9.17) is 9.47 Å². The lowest BCUT2D eigenvalue weighted by Gasteiger charge is -2.13. The third kappa shape index (κ3) is 2.66. The Kier molecular flexibility index (Phi) is 3.67. The largest absolute Gasteiger partial charge is 0.497 e. The number of hydrogen-bond donors (Lipinski definition) is 1. The van der Waals surface area contributed by atoms with E-state index in [9.17, 15) is 0 Å². The molecule has 0 bridgehead atoms. The fourth-order valence-corrected chi connectivity index (χ4v) is 2.32. The van der Waals surface area contributed by atoms with Gasteiger partial charge in [-0.05, 0) is 30.7 Å². The van der Waals surface area contributed by atoms with Gasteiger partial charge < -0.3 is 9.47 Å². The first-order chi connectivity index (χ1) is 9.76. The molecule has 0 spiro atoms. The molecular formula is C16H18N2O2. The van der Waals surface area contributed by atoms with Crippen LogP contribution in [0, 0.1) is 6.92 Å². The van der Waals surface area contributed by atoms with E-state index < -0.39 is 0 Å². The van der Waals surface area contributed by atoms with Gasteiger partial charge in [0.15, 0.2) is 0 Å². The molecule has 1 aliphatic rings. The second-order valence-electron chi connectivity index (χ2n) is 4.92. The standard InChI is InChI=1S/C16H18N2O2/c1-11-3-4-13(9-17-11)15-10-18-16(20-15)12-5-7-14(19-2)8-6-12/h3-9,15-16,18H,10H2,1-2H3/t15-,16+/m1/s1. The van der Waals surface area contributed by atoms with Gasteiger partial charge in [-0.2, -0.15) is 0 Å². The molecule has 4 nitrogen and oxygen atoms in total. The Hall–Kier alpha value is -1.91. The molecule has 1 fully saturated rings. The minimum absolute atomic E-state index is 0.0511. The van der Waals surface area contributed by atoms with Crippen LogP contribution >= 0.6 is 0 Å². The summed E-state index contributed by atoms with van der Waals surface area (Å²) < 4.78 is 11.2. The van der Waals surface area contributed by atoms with Gasteiger partial charge >= 0.3 is 0 Å². The number of aryl methyl sites for hydroxylation is 1. The van der Waals surface area contributed by atoms with Crippen LogP contribution in [0.1, 0.15) is 29.2 Å². The average Bonchev–Trinajstić information content (AvgIpc) is 2.98. The molecule has 20 heavy (non-hydrogen) atoms. The van der Waals surface area contributed by atoms with Crippen molar-refractivity contribution in [1.29, 1.82) is 0 Å². The molecule has 1 aromatic carbocycles. The second-order valence-corrected chi connectivity index (χ2v) is 4.92. The van der Waals surface area contributed by atoms with Crippen molar-refractivity contribution in [3.05, 3.63) is 59.4 Å². The molecule has 1 N–H and O–H groups in total. The van der Waals surface area contributed by atoms with Crippen molar-refractivity contribution in [3.8, 4) is 5.75 Å². The molecule has 2 aromatic rings. The molecule has 2 atom stereocenters. The van der Waals surface area contributed by atoms with Crippen molar-refractivity contribution in [2.45, 2.75) is 19.3 Å². The number of ether oxygens (including phenoxy) is 2. The van der Waals surface area contributed by atoms with E-state index in [1.807, 2.05) is 43.5 Å². The Balaban J connectivity index is 1.71. The Labute approximate surface area is 118 Å². The molecule has 1 aromatic heterocycles. The Morgan fingerprint density at radius 2 is 1.90 bits per heavy atom.